The van der Waals surface area contributed by atoms with E-state index in [0.29, 0.717) is 10.0 Å². The minimum atomic E-state index is -0.356. The van der Waals surface area contributed by atoms with Crippen molar-refractivity contribution < 1.29 is 9.18 Å². The molecule has 0 atom stereocenters. The van der Waals surface area contributed by atoms with Crippen molar-refractivity contribution in [3.05, 3.63) is 34.1 Å². The van der Waals surface area contributed by atoms with Gasteiger partial charge in [-0.05, 0) is 47.0 Å². The predicted octanol–water partition coefficient (Wildman–Crippen LogP) is 3.51. The molecule has 0 aliphatic carbocycles. The fraction of sp³-hybridized carbons (Fsp3) is 0.417. The second-order valence-electron chi connectivity index (χ2n) is 3.61. The van der Waals surface area contributed by atoms with Crippen LogP contribution in [0.2, 0.25) is 0 Å². The maximum Gasteiger partial charge on any atom is 0.252 e. The molecule has 0 saturated heterocycles. The number of carbonyl (C=O) groups excluding carboxylic acids is 1. The van der Waals surface area contributed by atoms with Crippen molar-refractivity contribution in [1.82, 2.24) is 5.32 Å². The van der Waals surface area contributed by atoms with Crippen molar-refractivity contribution in [2.24, 2.45) is 0 Å². The number of rotatable bonds is 4. The van der Waals surface area contributed by atoms with Crippen molar-refractivity contribution in [1.29, 1.82) is 0 Å². The van der Waals surface area contributed by atoms with E-state index in [-0.39, 0.29) is 17.8 Å². The molecule has 1 rings (SSSR count). The van der Waals surface area contributed by atoms with Gasteiger partial charge in [0, 0.05) is 10.5 Å². The lowest BCUT2D eigenvalue weighted by molar-refractivity contribution is 0.0934. The molecule has 0 spiro atoms. The minimum Gasteiger partial charge on any atom is -0.349 e. The van der Waals surface area contributed by atoms with E-state index in [1.807, 2.05) is 13.8 Å². The smallest absolute Gasteiger partial charge is 0.252 e. The second kappa shape index (κ2) is 5.99. The highest BCUT2D eigenvalue weighted by Gasteiger charge is 2.13. The third-order valence-electron chi connectivity index (χ3n) is 2.50. The van der Waals surface area contributed by atoms with Crippen molar-refractivity contribution in [2.45, 2.75) is 32.7 Å². The van der Waals surface area contributed by atoms with E-state index >= 15 is 0 Å². The zero-order valence-electron chi connectivity index (χ0n) is 9.39. The Morgan fingerprint density at radius 3 is 2.56 bits per heavy atom. The Balaban J connectivity index is 2.80. The summed E-state index contributed by atoms with van der Waals surface area (Å²) in [6.45, 7) is 4.04. The third-order valence-corrected chi connectivity index (χ3v) is 3.15. The summed E-state index contributed by atoms with van der Waals surface area (Å²) >= 11 is 3.18. The first-order valence-electron chi connectivity index (χ1n) is 5.34. The number of amides is 1. The zero-order chi connectivity index (χ0) is 12.1. The lowest BCUT2D eigenvalue weighted by Crippen LogP contribution is -2.34. The van der Waals surface area contributed by atoms with Crippen LogP contribution in [0.1, 0.15) is 37.0 Å². The molecule has 0 aliphatic rings. The van der Waals surface area contributed by atoms with E-state index in [1.54, 1.807) is 0 Å². The molecule has 0 aromatic heterocycles. The van der Waals surface area contributed by atoms with Gasteiger partial charge in [-0.15, -0.1) is 0 Å². The van der Waals surface area contributed by atoms with Gasteiger partial charge >= 0.3 is 0 Å². The standard InChI is InChI=1S/C12H15BrFNO/c1-3-9(4-2)15-12(16)10-6-5-8(14)7-11(10)13/h5-7,9H,3-4H2,1-2H3,(H,15,16). The highest BCUT2D eigenvalue weighted by molar-refractivity contribution is 9.10. The van der Waals surface area contributed by atoms with Gasteiger partial charge in [-0.1, -0.05) is 13.8 Å². The van der Waals surface area contributed by atoms with Gasteiger partial charge in [-0.3, -0.25) is 4.79 Å². The third kappa shape index (κ3) is 3.30. The molecule has 16 heavy (non-hydrogen) atoms. The van der Waals surface area contributed by atoms with Crippen LogP contribution in [0.25, 0.3) is 0 Å². The van der Waals surface area contributed by atoms with E-state index in [0.717, 1.165) is 12.8 Å². The van der Waals surface area contributed by atoms with Crippen LogP contribution in [0.5, 0.6) is 0 Å². The topological polar surface area (TPSA) is 29.1 Å². The lowest BCUT2D eigenvalue weighted by atomic mass is 10.1. The van der Waals surface area contributed by atoms with Gasteiger partial charge in [0.15, 0.2) is 0 Å². The van der Waals surface area contributed by atoms with Crippen LogP contribution in [0.4, 0.5) is 4.39 Å². The molecule has 0 saturated carbocycles. The van der Waals surface area contributed by atoms with E-state index in [9.17, 15) is 9.18 Å². The molecule has 0 fully saturated rings. The molecule has 0 bridgehead atoms. The van der Waals surface area contributed by atoms with Gasteiger partial charge in [0.05, 0.1) is 5.56 Å². The van der Waals surface area contributed by atoms with Crippen molar-refractivity contribution in [3.63, 3.8) is 0 Å². The SMILES string of the molecule is CCC(CC)NC(=O)c1ccc(F)cc1Br. The van der Waals surface area contributed by atoms with E-state index < -0.39 is 0 Å². The Hall–Kier alpha value is -0.900. The molecule has 0 aliphatic heterocycles. The van der Waals surface area contributed by atoms with Crippen LogP contribution >= 0.6 is 15.9 Å². The molecule has 1 N–H and O–H groups in total. The predicted molar refractivity (Wildman–Crippen MR) is 65.9 cm³/mol. The van der Waals surface area contributed by atoms with Gasteiger partial charge in [0.25, 0.3) is 5.91 Å². The number of hydrogen-bond acceptors (Lipinski definition) is 1. The summed E-state index contributed by atoms with van der Waals surface area (Å²) in [6.07, 6.45) is 1.78. The maximum atomic E-state index is 12.8. The van der Waals surface area contributed by atoms with E-state index in [2.05, 4.69) is 21.2 Å². The van der Waals surface area contributed by atoms with Crippen LogP contribution < -0.4 is 5.32 Å². The molecule has 2 nitrogen and oxygen atoms in total. The maximum absolute atomic E-state index is 12.8. The van der Waals surface area contributed by atoms with Crippen LogP contribution in [0, 0.1) is 5.82 Å². The minimum absolute atomic E-state index is 0.166. The quantitative estimate of drug-likeness (QED) is 0.902. The molecule has 1 aromatic carbocycles. The molecule has 88 valence electrons. The first kappa shape index (κ1) is 13.2. The van der Waals surface area contributed by atoms with Crippen molar-refractivity contribution in [3.8, 4) is 0 Å². The largest absolute Gasteiger partial charge is 0.349 e. The Morgan fingerprint density at radius 1 is 1.44 bits per heavy atom. The Labute approximate surface area is 103 Å². The van der Waals surface area contributed by atoms with E-state index in [4.69, 9.17) is 0 Å². The summed E-state index contributed by atoms with van der Waals surface area (Å²) < 4.78 is 13.3. The monoisotopic (exact) mass is 287 g/mol. The molecular weight excluding hydrogens is 273 g/mol. The van der Waals surface area contributed by atoms with E-state index in [1.165, 1.54) is 18.2 Å². The van der Waals surface area contributed by atoms with Gasteiger partial charge in [-0.25, -0.2) is 4.39 Å². The Bertz CT molecular complexity index is 377. The summed E-state index contributed by atoms with van der Waals surface area (Å²) in [5.74, 6) is -0.522. The van der Waals surface area contributed by atoms with Gasteiger partial charge < -0.3 is 5.32 Å². The highest BCUT2D eigenvalue weighted by Crippen LogP contribution is 2.18. The second-order valence-corrected chi connectivity index (χ2v) is 4.47. The van der Waals surface area contributed by atoms with Crippen LogP contribution in [0.3, 0.4) is 0 Å². The average molecular weight is 288 g/mol. The molecule has 0 unspecified atom stereocenters. The zero-order valence-corrected chi connectivity index (χ0v) is 11.0. The van der Waals surface area contributed by atoms with Gasteiger partial charge in [-0.2, -0.15) is 0 Å². The highest BCUT2D eigenvalue weighted by atomic mass is 79.9. The molecule has 4 heteroatoms. The first-order chi connectivity index (χ1) is 7.58. The summed E-state index contributed by atoms with van der Waals surface area (Å²) in [4.78, 5) is 11.8. The number of carbonyl (C=O) groups is 1. The number of hydrogen-bond donors (Lipinski definition) is 1. The fourth-order valence-corrected chi connectivity index (χ4v) is 1.96. The fourth-order valence-electron chi connectivity index (χ4n) is 1.43. The molecule has 1 amide bonds. The molecule has 0 radical (unpaired) electrons. The number of benzene rings is 1. The summed E-state index contributed by atoms with van der Waals surface area (Å²) in [5, 5.41) is 2.90. The summed E-state index contributed by atoms with van der Waals surface area (Å²) in [5.41, 5.74) is 0.466. The van der Waals surface area contributed by atoms with Crippen molar-refractivity contribution >= 4 is 21.8 Å². The molecular formula is C12H15BrFNO. The summed E-state index contributed by atoms with van der Waals surface area (Å²) in [7, 11) is 0. The van der Waals surface area contributed by atoms with Crippen molar-refractivity contribution in [2.75, 3.05) is 0 Å². The number of nitrogens with one attached hydrogen (secondary N) is 1. The van der Waals surface area contributed by atoms with Gasteiger partial charge in [0.1, 0.15) is 5.82 Å². The summed E-state index contributed by atoms with van der Waals surface area (Å²) in [6, 6.07) is 4.23. The normalized spacial score (nSPS) is 10.6. The average Bonchev–Trinajstić information content (AvgIpc) is 2.25. The number of halogens is 2. The molecule has 1 aromatic rings. The molecule has 0 heterocycles. The van der Waals surface area contributed by atoms with Crippen LogP contribution in [-0.2, 0) is 0 Å². The van der Waals surface area contributed by atoms with Gasteiger partial charge in [0.2, 0.25) is 0 Å². The lowest BCUT2D eigenvalue weighted by Gasteiger charge is -2.15. The van der Waals surface area contributed by atoms with Crippen LogP contribution in [0.15, 0.2) is 22.7 Å². The first-order valence-corrected chi connectivity index (χ1v) is 6.13. The van der Waals surface area contributed by atoms with Crippen LogP contribution in [-0.4, -0.2) is 11.9 Å². The Morgan fingerprint density at radius 2 is 2.06 bits per heavy atom. The Kier molecular flexibility index (Phi) is 4.93.